The van der Waals surface area contributed by atoms with Gasteiger partial charge in [0.15, 0.2) is 0 Å². The Morgan fingerprint density at radius 3 is 2.53 bits per heavy atom. The van der Waals surface area contributed by atoms with E-state index in [2.05, 4.69) is 5.32 Å². The lowest BCUT2D eigenvalue weighted by Crippen LogP contribution is -2.10. The molecule has 88 valence electrons. The van der Waals surface area contributed by atoms with Crippen LogP contribution >= 0.6 is 22.9 Å². The van der Waals surface area contributed by atoms with Gasteiger partial charge in [0, 0.05) is 11.4 Å². The van der Waals surface area contributed by atoms with Gasteiger partial charge in [0.05, 0.1) is 5.02 Å². The number of carbonyl (C=O) groups excluding carboxylic acids is 1. The Bertz CT molecular complexity index is 548. The third-order valence-electron chi connectivity index (χ3n) is 2.27. The second-order valence-corrected chi connectivity index (χ2v) is 4.90. The van der Waals surface area contributed by atoms with Gasteiger partial charge >= 0.3 is 0 Å². The van der Waals surface area contributed by atoms with Crippen molar-refractivity contribution in [3.05, 3.63) is 45.1 Å². The van der Waals surface area contributed by atoms with Gasteiger partial charge in [-0.05, 0) is 42.1 Å². The van der Waals surface area contributed by atoms with Gasteiger partial charge in [0.2, 0.25) is 0 Å². The minimum absolute atomic E-state index is 0.196. The molecule has 1 amide bonds. The van der Waals surface area contributed by atoms with Crippen LogP contribution in [0.5, 0.6) is 0 Å². The van der Waals surface area contributed by atoms with Crippen molar-refractivity contribution in [3.8, 4) is 0 Å². The van der Waals surface area contributed by atoms with Gasteiger partial charge < -0.3 is 11.1 Å². The summed E-state index contributed by atoms with van der Waals surface area (Å²) >= 11 is 7.36. The Hall–Kier alpha value is -1.52. The summed E-state index contributed by atoms with van der Waals surface area (Å²) in [6.07, 6.45) is 0. The molecule has 0 aliphatic carbocycles. The van der Waals surface area contributed by atoms with Gasteiger partial charge in [-0.3, -0.25) is 4.79 Å². The summed E-state index contributed by atoms with van der Waals surface area (Å²) < 4.78 is 0. The summed E-state index contributed by atoms with van der Waals surface area (Å²) in [5, 5.41) is 5.15. The van der Waals surface area contributed by atoms with E-state index in [1.807, 2.05) is 12.3 Å². The molecule has 1 aromatic carbocycles. The van der Waals surface area contributed by atoms with Crippen LogP contribution in [-0.2, 0) is 0 Å². The molecule has 2 aromatic rings. The van der Waals surface area contributed by atoms with Crippen LogP contribution in [-0.4, -0.2) is 5.91 Å². The molecule has 3 nitrogen and oxygen atoms in total. The van der Waals surface area contributed by atoms with E-state index >= 15 is 0 Å². The average molecular weight is 267 g/mol. The Morgan fingerprint density at radius 2 is 2.00 bits per heavy atom. The number of nitrogens with one attached hydrogen (secondary N) is 1. The zero-order valence-electron chi connectivity index (χ0n) is 9.16. The van der Waals surface area contributed by atoms with Gasteiger partial charge in [-0.2, -0.15) is 0 Å². The fourth-order valence-electron chi connectivity index (χ4n) is 1.34. The van der Waals surface area contributed by atoms with E-state index in [0.29, 0.717) is 21.3 Å². The second-order valence-electron chi connectivity index (χ2n) is 3.64. The lowest BCUT2D eigenvalue weighted by atomic mass is 10.2. The van der Waals surface area contributed by atoms with E-state index in [0.717, 1.165) is 5.56 Å². The first-order chi connectivity index (χ1) is 8.08. The van der Waals surface area contributed by atoms with Crippen molar-refractivity contribution in [2.45, 2.75) is 6.92 Å². The quantitative estimate of drug-likeness (QED) is 0.817. The molecule has 5 heteroatoms. The van der Waals surface area contributed by atoms with Crippen molar-refractivity contribution in [3.63, 3.8) is 0 Å². The number of halogens is 1. The highest BCUT2D eigenvalue weighted by Crippen LogP contribution is 2.27. The third-order valence-corrected chi connectivity index (χ3v) is 3.97. The maximum Gasteiger partial charge on any atom is 0.267 e. The predicted octanol–water partition coefficient (Wildman–Crippen LogP) is 3.54. The minimum atomic E-state index is -0.196. The van der Waals surface area contributed by atoms with Crippen LogP contribution in [0.15, 0.2) is 29.6 Å². The van der Waals surface area contributed by atoms with Crippen molar-refractivity contribution < 1.29 is 4.79 Å². The molecule has 0 atom stereocenters. The standard InChI is InChI=1S/C12H11ClN2OS/c1-7-6-17-11(10(7)13)12(16)15-9-4-2-8(14)3-5-9/h2-6H,14H2,1H3,(H,15,16). The van der Waals surface area contributed by atoms with E-state index in [4.69, 9.17) is 17.3 Å². The SMILES string of the molecule is Cc1csc(C(=O)Nc2ccc(N)cc2)c1Cl. The zero-order valence-corrected chi connectivity index (χ0v) is 10.7. The van der Waals surface area contributed by atoms with Gasteiger partial charge in [-0.1, -0.05) is 11.6 Å². The fraction of sp³-hybridized carbons (Fsp3) is 0.0833. The molecule has 3 N–H and O–H groups in total. The second kappa shape index (κ2) is 4.77. The molecular formula is C12H11ClN2OS. The number of benzene rings is 1. The molecule has 0 aliphatic rings. The molecule has 0 fully saturated rings. The normalized spacial score (nSPS) is 10.2. The van der Waals surface area contributed by atoms with E-state index in [9.17, 15) is 4.79 Å². The minimum Gasteiger partial charge on any atom is -0.399 e. The van der Waals surface area contributed by atoms with Crippen LogP contribution in [0, 0.1) is 6.92 Å². The summed E-state index contributed by atoms with van der Waals surface area (Å²) in [5.74, 6) is -0.196. The first kappa shape index (κ1) is 12.0. The Balaban J connectivity index is 2.17. The lowest BCUT2D eigenvalue weighted by molar-refractivity contribution is 0.103. The van der Waals surface area contributed by atoms with E-state index in [1.54, 1.807) is 24.3 Å². The first-order valence-electron chi connectivity index (χ1n) is 4.98. The van der Waals surface area contributed by atoms with Crippen molar-refractivity contribution in [2.24, 2.45) is 0 Å². The summed E-state index contributed by atoms with van der Waals surface area (Å²) in [5.41, 5.74) is 7.84. The number of nitrogen functional groups attached to an aromatic ring is 1. The van der Waals surface area contributed by atoms with Crippen LogP contribution < -0.4 is 11.1 Å². The molecular weight excluding hydrogens is 256 g/mol. The number of rotatable bonds is 2. The molecule has 0 radical (unpaired) electrons. The maximum absolute atomic E-state index is 11.9. The largest absolute Gasteiger partial charge is 0.399 e. The predicted molar refractivity (Wildman–Crippen MR) is 72.9 cm³/mol. The van der Waals surface area contributed by atoms with Gasteiger partial charge in [-0.25, -0.2) is 0 Å². The summed E-state index contributed by atoms with van der Waals surface area (Å²) in [6.45, 7) is 1.87. The highest BCUT2D eigenvalue weighted by atomic mass is 35.5. The number of anilines is 2. The number of amides is 1. The van der Waals surface area contributed by atoms with Crippen molar-refractivity contribution >= 4 is 40.2 Å². The summed E-state index contributed by atoms with van der Waals surface area (Å²) in [4.78, 5) is 12.4. The number of aryl methyl sites for hydroxylation is 1. The van der Waals surface area contributed by atoms with E-state index in [1.165, 1.54) is 11.3 Å². The molecule has 0 spiro atoms. The summed E-state index contributed by atoms with van der Waals surface area (Å²) in [6, 6.07) is 6.97. The maximum atomic E-state index is 11.9. The number of hydrogen-bond acceptors (Lipinski definition) is 3. The van der Waals surface area contributed by atoms with Crippen LogP contribution in [0.1, 0.15) is 15.2 Å². The van der Waals surface area contributed by atoms with Crippen LogP contribution in [0.3, 0.4) is 0 Å². The van der Waals surface area contributed by atoms with Crippen molar-refractivity contribution in [2.75, 3.05) is 11.1 Å². The first-order valence-corrected chi connectivity index (χ1v) is 6.24. The van der Waals surface area contributed by atoms with Crippen molar-refractivity contribution in [1.82, 2.24) is 0 Å². The van der Waals surface area contributed by atoms with Crippen molar-refractivity contribution in [1.29, 1.82) is 0 Å². The fourth-order valence-corrected chi connectivity index (χ4v) is 2.51. The lowest BCUT2D eigenvalue weighted by Gasteiger charge is -2.04. The average Bonchev–Trinajstić information content (AvgIpc) is 2.63. The van der Waals surface area contributed by atoms with Gasteiger partial charge in [-0.15, -0.1) is 11.3 Å². The molecule has 0 saturated carbocycles. The number of carbonyl (C=O) groups is 1. The monoisotopic (exact) mass is 266 g/mol. The smallest absolute Gasteiger partial charge is 0.267 e. The van der Waals surface area contributed by atoms with E-state index in [-0.39, 0.29) is 5.91 Å². The molecule has 17 heavy (non-hydrogen) atoms. The van der Waals surface area contributed by atoms with Crippen LogP contribution in [0.4, 0.5) is 11.4 Å². The number of nitrogens with two attached hydrogens (primary N) is 1. The molecule has 2 rings (SSSR count). The Kier molecular flexibility index (Phi) is 3.36. The molecule has 0 unspecified atom stereocenters. The highest BCUT2D eigenvalue weighted by molar-refractivity contribution is 7.13. The van der Waals surface area contributed by atoms with E-state index < -0.39 is 0 Å². The molecule has 0 aliphatic heterocycles. The van der Waals surface area contributed by atoms with Gasteiger partial charge in [0.1, 0.15) is 4.88 Å². The highest BCUT2D eigenvalue weighted by Gasteiger charge is 2.14. The zero-order chi connectivity index (χ0) is 12.4. The van der Waals surface area contributed by atoms with Crippen LogP contribution in [0.25, 0.3) is 0 Å². The van der Waals surface area contributed by atoms with Crippen LogP contribution in [0.2, 0.25) is 5.02 Å². The molecule has 0 saturated heterocycles. The Labute approximate surface area is 108 Å². The number of thiophene rings is 1. The topological polar surface area (TPSA) is 55.1 Å². The number of hydrogen-bond donors (Lipinski definition) is 2. The van der Waals surface area contributed by atoms with Gasteiger partial charge in [0.25, 0.3) is 5.91 Å². The summed E-state index contributed by atoms with van der Waals surface area (Å²) in [7, 11) is 0. The Morgan fingerprint density at radius 1 is 1.35 bits per heavy atom. The third kappa shape index (κ3) is 2.60. The molecule has 1 heterocycles. The molecule has 1 aromatic heterocycles. The molecule has 0 bridgehead atoms.